The molecule has 0 aromatic rings. The van der Waals surface area contributed by atoms with Gasteiger partial charge in [0.2, 0.25) is 5.91 Å². The van der Waals surface area contributed by atoms with Gasteiger partial charge >= 0.3 is 6.18 Å². The summed E-state index contributed by atoms with van der Waals surface area (Å²) in [6, 6.07) is 0.206. The second-order valence-electron chi connectivity index (χ2n) is 6.76. The first-order valence-electron chi connectivity index (χ1n) is 8.04. The Morgan fingerprint density at radius 3 is 2.67 bits per heavy atom. The molecule has 21 heavy (non-hydrogen) atoms. The van der Waals surface area contributed by atoms with Crippen molar-refractivity contribution >= 4 is 5.91 Å². The molecule has 3 rings (SSSR count). The summed E-state index contributed by atoms with van der Waals surface area (Å²) in [4.78, 5) is 14.6. The summed E-state index contributed by atoms with van der Waals surface area (Å²) in [5.41, 5.74) is 0. The van der Waals surface area contributed by atoms with Crippen LogP contribution in [0.5, 0.6) is 0 Å². The SMILES string of the molecule is O=C(C1CCCC(C(F)(F)F)C1)N1CCCC2CNCC21. The molecule has 1 N–H and O–H groups in total. The molecule has 0 bridgehead atoms. The number of halogens is 3. The van der Waals surface area contributed by atoms with E-state index in [1.54, 1.807) is 0 Å². The van der Waals surface area contributed by atoms with Gasteiger partial charge in [0.1, 0.15) is 0 Å². The molecule has 6 heteroatoms. The van der Waals surface area contributed by atoms with Gasteiger partial charge < -0.3 is 10.2 Å². The number of rotatable bonds is 1. The fourth-order valence-corrected chi connectivity index (χ4v) is 4.29. The molecule has 3 fully saturated rings. The van der Waals surface area contributed by atoms with Crippen LogP contribution >= 0.6 is 0 Å². The molecular weight excluding hydrogens is 281 g/mol. The Morgan fingerprint density at radius 1 is 1.10 bits per heavy atom. The van der Waals surface area contributed by atoms with Crippen molar-refractivity contribution < 1.29 is 18.0 Å². The van der Waals surface area contributed by atoms with Crippen molar-refractivity contribution in [2.75, 3.05) is 19.6 Å². The Hall–Kier alpha value is -0.780. The van der Waals surface area contributed by atoms with Gasteiger partial charge in [0.15, 0.2) is 0 Å². The maximum atomic E-state index is 12.9. The molecule has 0 radical (unpaired) electrons. The highest BCUT2D eigenvalue weighted by Crippen LogP contribution is 2.41. The summed E-state index contributed by atoms with van der Waals surface area (Å²) in [6.07, 6.45) is -0.752. The van der Waals surface area contributed by atoms with Gasteiger partial charge in [-0.25, -0.2) is 0 Å². The van der Waals surface area contributed by atoms with Gasteiger partial charge in [-0.05, 0) is 38.0 Å². The van der Waals surface area contributed by atoms with E-state index in [1.807, 2.05) is 4.90 Å². The van der Waals surface area contributed by atoms with Gasteiger partial charge in [0, 0.05) is 31.6 Å². The van der Waals surface area contributed by atoms with Gasteiger partial charge in [0.05, 0.1) is 5.92 Å². The summed E-state index contributed by atoms with van der Waals surface area (Å²) in [5, 5.41) is 3.31. The van der Waals surface area contributed by atoms with Crippen molar-refractivity contribution in [3.63, 3.8) is 0 Å². The summed E-state index contributed by atoms with van der Waals surface area (Å²) in [5.74, 6) is -1.25. The molecule has 2 heterocycles. The van der Waals surface area contributed by atoms with Crippen molar-refractivity contribution in [3.8, 4) is 0 Å². The fraction of sp³-hybridized carbons (Fsp3) is 0.933. The highest BCUT2D eigenvalue weighted by atomic mass is 19.4. The van der Waals surface area contributed by atoms with Crippen LogP contribution in [0, 0.1) is 17.8 Å². The lowest BCUT2D eigenvalue weighted by molar-refractivity contribution is -0.187. The minimum atomic E-state index is -4.15. The van der Waals surface area contributed by atoms with Crippen LogP contribution in [-0.4, -0.2) is 42.7 Å². The number of hydrogen-bond acceptors (Lipinski definition) is 2. The number of piperidine rings is 1. The van der Waals surface area contributed by atoms with Crippen LogP contribution in [0.1, 0.15) is 38.5 Å². The molecule has 1 saturated carbocycles. The second kappa shape index (κ2) is 5.78. The number of fused-ring (bicyclic) bond motifs is 1. The number of hydrogen-bond donors (Lipinski definition) is 1. The number of alkyl halides is 3. The molecule has 0 aromatic heterocycles. The van der Waals surface area contributed by atoms with E-state index in [2.05, 4.69) is 5.32 Å². The van der Waals surface area contributed by atoms with Crippen LogP contribution in [0.15, 0.2) is 0 Å². The third-order valence-electron chi connectivity index (χ3n) is 5.45. The molecule has 4 atom stereocenters. The first kappa shape index (κ1) is 15.1. The predicted octanol–water partition coefficient (Wildman–Crippen LogP) is 2.57. The van der Waals surface area contributed by atoms with Gasteiger partial charge in [-0.15, -0.1) is 0 Å². The van der Waals surface area contributed by atoms with E-state index in [0.717, 1.165) is 32.5 Å². The maximum Gasteiger partial charge on any atom is 0.391 e. The van der Waals surface area contributed by atoms with E-state index in [-0.39, 0.29) is 24.8 Å². The predicted molar refractivity (Wildman–Crippen MR) is 72.6 cm³/mol. The molecule has 2 aliphatic heterocycles. The number of carbonyl (C=O) groups is 1. The zero-order chi connectivity index (χ0) is 15.0. The normalized spacial score (nSPS) is 37.4. The molecule has 3 nitrogen and oxygen atoms in total. The summed E-state index contributed by atoms with van der Waals surface area (Å²) in [6.45, 7) is 2.45. The Bertz CT molecular complexity index is 399. The third-order valence-corrected chi connectivity index (χ3v) is 5.45. The number of amides is 1. The van der Waals surface area contributed by atoms with E-state index < -0.39 is 18.0 Å². The molecule has 4 unspecified atom stereocenters. The Balaban J connectivity index is 1.66. The topological polar surface area (TPSA) is 32.3 Å². The van der Waals surface area contributed by atoms with Gasteiger partial charge in [-0.1, -0.05) is 6.42 Å². The van der Waals surface area contributed by atoms with E-state index in [1.165, 1.54) is 0 Å². The molecule has 3 aliphatic rings. The van der Waals surface area contributed by atoms with Crippen molar-refractivity contribution in [3.05, 3.63) is 0 Å². The zero-order valence-electron chi connectivity index (χ0n) is 12.2. The Morgan fingerprint density at radius 2 is 1.90 bits per heavy atom. The van der Waals surface area contributed by atoms with Gasteiger partial charge in [-0.2, -0.15) is 13.2 Å². The minimum absolute atomic E-state index is 0.0103. The summed E-state index contributed by atoms with van der Waals surface area (Å²) in [7, 11) is 0. The quantitative estimate of drug-likeness (QED) is 0.807. The van der Waals surface area contributed by atoms with Crippen LogP contribution in [0.4, 0.5) is 13.2 Å². The number of likely N-dealkylation sites (tertiary alicyclic amines) is 1. The molecule has 0 aromatic carbocycles. The van der Waals surface area contributed by atoms with Crippen molar-refractivity contribution in [2.45, 2.75) is 50.7 Å². The molecule has 1 aliphatic carbocycles. The standard InChI is InChI=1S/C15H23F3N2O/c16-15(17,18)12-5-1-3-10(7-12)14(21)20-6-2-4-11-8-19-9-13(11)20/h10-13,19H,1-9H2. The van der Waals surface area contributed by atoms with Crippen LogP contribution in [0.3, 0.4) is 0 Å². The van der Waals surface area contributed by atoms with Crippen LogP contribution < -0.4 is 5.32 Å². The minimum Gasteiger partial charge on any atom is -0.338 e. The van der Waals surface area contributed by atoms with E-state index >= 15 is 0 Å². The average molecular weight is 304 g/mol. The maximum absolute atomic E-state index is 12.9. The molecule has 1 amide bonds. The molecular formula is C15H23F3N2O. The van der Waals surface area contributed by atoms with Crippen molar-refractivity contribution in [1.82, 2.24) is 10.2 Å². The zero-order valence-corrected chi connectivity index (χ0v) is 12.2. The fourth-order valence-electron chi connectivity index (χ4n) is 4.29. The lowest BCUT2D eigenvalue weighted by Crippen LogP contribution is -2.51. The second-order valence-corrected chi connectivity index (χ2v) is 6.76. The van der Waals surface area contributed by atoms with Crippen LogP contribution in [0.25, 0.3) is 0 Å². The third kappa shape index (κ3) is 3.05. The smallest absolute Gasteiger partial charge is 0.338 e. The highest BCUT2D eigenvalue weighted by Gasteiger charge is 2.46. The van der Waals surface area contributed by atoms with Crippen LogP contribution in [0.2, 0.25) is 0 Å². The lowest BCUT2D eigenvalue weighted by atomic mass is 9.79. The summed E-state index contributed by atoms with van der Waals surface area (Å²) >= 11 is 0. The monoisotopic (exact) mass is 304 g/mol. The van der Waals surface area contributed by atoms with E-state index in [0.29, 0.717) is 18.8 Å². The van der Waals surface area contributed by atoms with Gasteiger partial charge in [-0.3, -0.25) is 4.79 Å². The van der Waals surface area contributed by atoms with Crippen molar-refractivity contribution in [1.29, 1.82) is 0 Å². The van der Waals surface area contributed by atoms with Crippen molar-refractivity contribution in [2.24, 2.45) is 17.8 Å². The number of nitrogens with one attached hydrogen (secondary N) is 1. The molecule has 2 saturated heterocycles. The molecule has 120 valence electrons. The lowest BCUT2D eigenvalue weighted by Gasteiger charge is -2.40. The Kier molecular flexibility index (Phi) is 4.17. The highest BCUT2D eigenvalue weighted by molar-refractivity contribution is 5.79. The average Bonchev–Trinajstić information content (AvgIpc) is 2.94. The number of carbonyl (C=O) groups excluding carboxylic acids is 1. The Labute approximate surface area is 123 Å². The first-order chi connectivity index (χ1) is 9.97. The first-order valence-corrected chi connectivity index (χ1v) is 8.04. The summed E-state index contributed by atoms with van der Waals surface area (Å²) < 4.78 is 38.7. The number of nitrogens with zero attached hydrogens (tertiary/aromatic N) is 1. The van der Waals surface area contributed by atoms with Gasteiger partial charge in [0.25, 0.3) is 0 Å². The van der Waals surface area contributed by atoms with E-state index in [9.17, 15) is 18.0 Å². The molecule has 0 spiro atoms. The van der Waals surface area contributed by atoms with E-state index in [4.69, 9.17) is 0 Å². The largest absolute Gasteiger partial charge is 0.391 e. The van der Waals surface area contributed by atoms with Crippen LogP contribution in [-0.2, 0) is 4.79 Å².